The predicted octanol–water partition coefficient (Wildman–Crippen LogP) is 3.49. The molecule has 0 saturated heterocycles. The van der Waals surface area contributed by atoms with Gasteiger partial charge < -0.3 is 5.32 Å². The maximum atomic E-state index is 11.9. The number of halogens is 1. The van der Waals surface area contributed by atoms with Gasteiger partial charge in [-0.05, 0) is 31.6 Å². The molecular weight excluding hydrogens is 266 g/mol. The number of hydrogen-bond donors (Lipinski definition) is 1. The Balaban J connectivity index is 2.19. The molecule has 1 saturated carbocycles. The molecule has 0 radical (unpaired) electrons. The molecule has 0 aliphatic heterocycles. The second kappa shape index (κ2) is 7.31. The molecule has 0 aromatic heterocycles. The third-order valence-corrected chi connectivity index (χ3v) is 4.45. The van der Waals surface area contributed by atoms with E-state index >= 15 is 0 Å². The summed E-state index contributed by atoms with van der Waals surface area (Å²) < 4.78 is 0. The summed E-state index contributed by atoms with van der Waals surface area (Å²) in [4.78, 5) is 12.4. The molecule has 1 N–H and O–H groups in total. The second-order valence-corrected chi connectivity index (χ2v) is 6.02. The SMILES string of the molecule is CCCCC(CC)C(=O)NCC(Br)C1CC1. The highest BCUT2D eigenvalue weighted by molar-refractivity contribution is 9.09. The molecule has 1 aliphatic carbocycles. The van der Waals surface area contributed by atoms with Gasteiger partial charge >= 0.3 is 0 Å². The number of amides is 1. The van der Waals surface area contributed by atoms with Crippen LogP contribution in [0.25, 0.3) is 0 Å². The van der Waals surface area contributed by atoms with Gasteiger partial charge in [0.1, 0.15) is 0 Å². The molecular formula is C13H24BrNO. The molecule has 0 bridgehead atoms. The Kier molecular flexibility index (Phi) is 6.40. The van der Waals surface area contributed by atoms with Gasteiger partial charge in [-0.3, -0.25) is 4.79 Å². The Morgan fingerprint density at radius 2 is 2.12 bits per heavy atom. The van der Waals surface area contributed by atoms with Gasteiger partial charge in [0.15, 0.2) is 0 Å². The van der Waals surface area contributed by atoms with Crippen LogP contribution < -0.4 is 5.32 Å². The van der Waals surface area contributed by atoms with Gasteiger partial charge in [-0.1, -0.05) is 42.6 Å². The van der Waals surface area contributed by atoms with Crippen molar-refractivity contribution in [2.24, 2.45) is 11.8 Å². The van der Waals surface area contributed by atoms with E-state index in [-0.39, 0.29) is 11.8 Å². The molecule has 0 heterocycles. The first-order chi connectivity index (χ1) is 7.69. The van der Waals surface area contributed by atoms with E-state index in [9.17, 15) is 4.79 Å². The molecule has 1 rings (SSSR count). The van der Waals surface area contributed by atoms with E-state index in [2.05, 4.69) is 35.1 Å². The highest BCUT2D eigenvalue weighted by atomic mass is 79.9. The van der Waals surface area contributed by atoms with Gasteiger partial charge in [-0.2, -0.15) is 0 Å². The molecule has 1 amide bonds. The molecule has 16 heavy (non-hydrogen) atoms. The molecule has 0 spiro atoms. The van der Waals surface area contributed by atoms with Crippen molar-refractivity contribution in [3.05, 3.63) is 0 Å². The molecule has 2 atom stereocenters. The Morgan fingerprint density at radius 3 is 2.62 bits per heavy atom. The number of hydrogen-bond acceptors (Lipinski definition) is 1. The van der Waals surface area contributed by atoms with Crippen LogP contribution in [-0.4, -0.2) is 17.3 Å². The number of nitrogens with one attached hydrogen (secondary N) is 1. The van der Waals surface area contributed by atoms with Crippen molar-refractivity contribution in [3.8, 4) is 0 Å². The summed E-state index contributed by atoms with van der Waals surface area (Å²) in [6, 6.07) is 0. The van der Waals surface area contributed by atoms with E-state index in [1.165, 1.54) is 19.3 Å². The molecule has 1 aliphatic rings. The number of carbonyl (C=O) groups excluding carboxylic acids is 1. The van der Waals surface area contributed by atoms with Crippen LogP contribution in [0.5, 0.6) is 0 Å². The zero-order valence-corrected chi connectivity index (χ0v) is 12.1. The smallest absolute Gasteiger partial charge is 0.223 e. The molecule has 0 aromatic carbocycles. The third kappa shape index (κ3) is 4.86. The van der Waals surface area contributed by atoms with Crippen molar-refractivity contribution in [1.82, 2.24) is 5.32 Å². The molecule has 94 valence electrons. The summed E-state index contributed by atoms with van der Waals surface area (Å²) in [6.45, 7) is 5.07. The van der Waals surface area contributed by atoms with Gasteiger partial charge in [0.2, 0.25) is 5.91 Å². The fourth-order valence-electron chi connectivity index (χ4n) is 1.94. The summed E-state index contributed by atoms with van der Waals surface area (Å²) in [5, 5.41) is 3.08. The van der Waals surface area contributed by atoms with E-state index in [0.29, 0.717) is 4.83 Å². The van der Waals surface area contributed by atoms with Crippen molar-refractivity contribution in [3.63, 3.8) is 0 Å². The van der Waals surface area contributed by atoms with Crippen LogP contribution in [0, 0.1) is 11.8 Å². The zero-order valence-electron chi connectivity index (χ0n) is 10.5. The fourth-order valence-corrected chi connectivity index (χ4v) is 2.63. The Labute approximate surface area is 108 Å². The summed E-state index contributed by atoms with van der Waals surface area (Å²) in [7, 11) is 0. The minimum Gasteiger partial charge on any atom is -0.355 e. The summed E-state index contributed by atoms with van der Waals surface area (Å²) in [5.41, 5.74) is 0. The summed E-state index contributed by atoms with van der Waals surface area (Å²) in [6.07, 6.45) is 6.97. The number of rotatable bonds is 8. The van der Waals surface area contributed by atoms with Crippen LogP contribution in [0.2, 0.25) is 0 Å². The first-order valence-electron chi connectivity index (χ1n) is 6.60. The van der Waals surface area contributed by atoms with Crippen molar-refractivity contribution in [1.29, 1.82) is 0 Å². The van der Waals surface area contributed by atoms with E-state index in [1.807, 2.05) is 0 Å². The Bertz CT molecular complexity index is 216. The van der Waals surface area contributed by atoms with E-state index < -0.39 is 0 Å². The maximum absolute atomic E-state index is 11.9. The van der Waals surface area contributed by atoms with Gasteiger partial charge in [-0.15, -0.1) is 0 Å². The van der Waals surface area contributed by atoms with Crippen molar-refractivity contribution in [2.75, 3.05) is 6.54 Å². The van der Waals surface area contributed by atoms with E-state index in [1.54, 1.807) is 0 Å². The average molecular weight is 290 g/mol. The molecule has 1 fully saturated rings. The lowest BCUT2D eigenvalue weighted by Crippen LogP contribution is -2.35. The fraction of sp³-hybridized carbons (Fsp3) is 0.923. The van der Waals surface area contributed by atoms with Crippen LogP contribution >= 0.6 is 15.9 Å². The second-order valence-electron chi connectivity index (χ2n) is 4.85. The Morgan fingerprint density at radius 1 is 1.44 bits per heavy atom. The van der Waals surface area contributed by atoms with Gasteiger partial charge in [-0.25, -0.2) is 0 Å². The van der Waals surface area contributed by atoms with Crippen molar-refractivity contribution >= 4 is 21.8 Å². The van der Waals surface area contributed by atoms with Crippen LogP contribution in [0.4, 0.5) is 0 Å². The minimum absolute atomic E-state index is 0.221. The predicted molar refractivity (Wildman–Crippen MR) is 71.8 cm³/mol. The minimum atomic E-state index is 0.221. The van der Waals surface area contributed by atoms with E-state index in [4.69, 9.17) is 0 Å². The highest BCUT2D eigenvalue weighted by Gasteiger charge is 2.29. The lowest BCUT2D eigenvalue weighted by Gasteiger charge is -2.16. The number of unbranched alkanes of at least 4 members (excludes halogenated alkanes) is 1. The monoisotopic (exact) mass is 289 g/mol. The van der Waals surface area contributed by atoms with E-state index in [0.717, 1.165) is 31.7 Å². The van der Waals surface area contributed by atoms with Gasteiger partial charge in [0, 0.05) is 17.3 Å². The normalized spacial score (nSPS) is 19.2. The quantitative estimate of drug-likeness (QED) is 0.681. The first-order valence-corrected chi connectivity index (χ1v) is 7.52. The molecule has 0 aromatic rings. The number of carbonyl (C=O) groups is 1. The topological polar surface area (TPSA) is 29.1 Å². The molecule has 2 nitrogen and oxygen atoms in total. The van der Waals surface area contributed by atoms with Crippen LogP contribution in [0.3, 0.4) is 0 Å². The van der Waals surface area contributed by atoms with Gasteiger partial charge in [0.25, 0.3) is 0 Å². The average Bonchev–Trinajstić information content (AvgIpc) is 3.10. The third-order valence-electron chi connectivity index (χ3n) is 3.37. The van der Waals surface area contributed by atoms with Crippen LogP contribution in [-0.2, 0) is 4.79 Å². The highest BCUT2D eigenvalue weighted by Crippen LogP contribution is 2.36. The van der Waals surface area contributed by atoms with Crippen LogP contribution in [0.1, 0.15) is 52.4 Å². The lowest BCUT2D eigenvalue weighted by molar-refractivity contribution is -0.125. The zero-order chi connectivity index (χ0) is 12.0. The molecule has 2 unspecified atom stereocenters. The standard InChI is InChI=1S/C13H24BrNO/c1-3-5-6-10(4-2)13(16)15-9-12(14)11-7-8-11/h10-12H,3-9H2,1-2H3,(H,15,16). The maximum Gasteiger partial charge on any atom is 0.223 e. The van der Waals surface area contributed by atoms with Gasteiger partial charge in [0.05, 0.1) is 0 Å². The molecule has 3 heteroatoms. The first kappa shape index (κ1) is 14.0. The summed E-state index contributed by atoms with van der Waals surface area (Å²) in [5.74, 6) is 1.27. The van der Waals surface area contributed by atoms with Crippen LogP contribution in [0.15, 0.2) is 0 Å². The summed E-state index contributed by atoms with van der Waals surface area (Å²) >= 11 is 3.64. The number of alkyl halides is 1. The van der Waals surface area contributed by atoms with Crippen molar-refractivity contribution < 1.29 is 4.79 Å². The lowest BCUT2D eigenvalue weighted by atomic mass is 9.98. The van der Waals surface area contributed by atoms with Crippen molar-refractivity contribution in [2.45, 2.75) is 57.2 Å². The largest absolute Gasteiger partial charge is 0.355 e. The Hall–Kier alpha value is -0.0500.